The molecule has 242 valence electrons. The molecule has 2 aliphatic heterocycles. The van der Waals surface area contributed by atoms with E-state index in [0.717, 1.165) is 30.6 Å². The Morgan fingerprint density at radius 2 is 1.91 bits per heavy atom. The molecule has 2 heterocycles. The Hall–Kier alpha value is -4.02. The van der Waals surface area contributed by atoms with Crippen LogP contribution in [0.1, 0.15) is 48.4 Å². The number of amides is 1. The molecule has 3 aromatic carbocycles. The number of piperidine rings is 1. The Bertz CT molecular complexity index is 1700. The van der Waals surface area contributed by atoms with Crippen LogP contribution in [0.2, 0.25) is 0 Å². The van der Waals surface area contributed by atoms with Crippen molar-refractivity contribution < 1.29 is 37.7 Å². The third kappa shape index (κ3) is 4.59. The third-order valence-corrected chi connectivity index (χ3v) is 11.0. The van der Waals surface area contributed by atoms with Gasteiger partial charge in [0.25, 0.3) is 0 Å². The highest BCUT2D eigenvalue weighted by Gasteiger charge is 2.78. The number of alkyl halides is 3. The predicted molar refractivity (Wildman–Crippen MR) is 166 cm³/mol. The number of carbonyl (C=O) groups excluding carboxylic acids is 1. The maximum Gasteiger partial charge on any atom is 0.573 e. The molecule has 7 nitrogen and oxygen atoms in total. The largest absolute Gasteiger partial charge is 0.573 e. The van der Waals surface area contributed by atoms with Gasteiger partial charge in [0, 0.05) is 31.3 Å². The van der Waals surface area contributed by atoms with Crippen molar-refractivity contribution in [1.29, 1.82) is 0 Å². The van der Waals surface area contributed by atoms with Crippen molar-refractivity contribution >= 4 is 12.0 Å². The number of likely N-dealkylation sites (tertiary alicyclic amines) is 1. The number of hydrogen-bond acceptors (Lipinski definition) is 6. The molecule has 7 rings (SSSR count). The molecule has 0 radical (unpaired) electrons. The van der Waals surface area contributed by atoms with Gasteiger partial charge in [-0.25, -0.2) is 0 Å². The number of ether oxygens (including phenoxy) is 2. The molecule has 2 aliphatic carbocycles. The second kappa shape index (κ2) is 10.8. The van der Waals surface area contributed by atoms with E-state index in [-0.39, 0.29) is 23.4 Å². The number of benzene rings is 3. The number of rotatable bonds is 7. The third-order valence-electron chi connectivity index (χ3n) is 11.0. The van der Waals surface area contributed by atoms with Gasteiger partial charge in [0.05, 0.1) is 17.1 Å². The number of halogens is 3. The molecule has 4 aliphatic rings. The van der Waals surface area contributed by atoms with Crippen molar-refractivity contribution in [3.8, 4) is 17.2 Å². The lowest BCUT2D eigenvalue weighted by atomic mass is 9.44. The SMILES string of the molecule is CN(C(=O)C=Cc1cccc(OC(F)(F)F)c1)[C@H]1CC[C@@]2(O)[C@H]3Cc4ccc(O)c5c4[C@@]2(CCN3CCc2ccccc2)[C@@]1(C)O5. The van der Waals surface area contributed by atoms with Gasteiger partial charge in [0.15, 0.2) is 11.5 Å². The first-order valence-corrected chi connectivity index (χ1v) is 15.7. The molecule has 0 aromatic heterocycles. The summed E-state index contributed by atoms with van der Waals surface area (Å²) < 4.78 is 48.9. The molecule has 2 fully saturated rings. The molecule has 1 spiro atoms. The maximum absolute atomic E-state index is 13.6. The highest BCUT2D eigenvalue weighted by molar-refractivity contribution is 5.92. The van der Waals surface area contributed by atoms with E-state index in [1.165, 1.54) is 35.9 Å². The van der Waals surface area contributed by atoms with Gasteiger partial charge < -0.3 is 24.6 Å². The van der Waals surface area contributed by atoms with Crippen LogP contribution < -0.4 is 9.47 Å². The minimum absolute atomic E-state index is 0.0182. The molecule has 0 unspecified atom stereocenters. The van der Waals surface area contributed by atoms with Crippen LogP contribution in [0.3, 0.4) is 0 Å². The second-order valence-electron chi connectivity index (χ2n) is 13.2. The molecule has 2 bridgehead atoms. The van der Waals surface area contributed by atoms with Gasteiger partial charge >= 0.3 is 6.36 Å². The summed E-state index contributed by atoms with van der Waals surface area (Å²) in [4.78, 5) is 17.6. The lowest BCUT2D eigenvalue weighted by molar-refractivity contribution is -0.274. The lowest BCUT2D eigenvalue weighted by Crippen LogP contribution is -2.82. The van der Waals surface area contributed by atoms with E-state index in [0.29, 0.717) is 37.0 Å². The van der Waals surface area contributed by atoms with Crippen LogP contribution in [0.5, 0.6) is 17.2 Å². The van der Waals surface area contributed by atoms with Gasteiger partial charge in [-0.3, -0.25) is 9.69 Å². The van der Waals surface area contributed by atoms with E-state index < -0.39 is 29.0 Å². The predicted octanol–water partition coefficient (Wildman–Crippen LogP) is 5.62. The van der Waals surface area contributed by atoms with Crippen molar-refractivity contribution in [2.75, 3.05) is 20.1 Å². The van der Waals surface area contributed by atoms with Gasteiger partial charge in [0.1, 0.15) is 11.4 Å². The minimum Gasteiger partial charge on any atom is -0.504 e. The molecule has 5 atom stereocenters. The summed E-state index contributed by atoms with van der Waals surface area (Å²) in [5.41, 5.74) is 0.453. The van der Waals surface area contributed by atoms with Crippen LogP contribution in [0.4, 0.5) is 13.2 Å². The van der Waals surface area contributed by atoms with Gasteiger partial charge in [0.2, 0.25) is 5.91 Å². The van der Waals surface area contributed by atoms with Crippen molar-refractivity contribution in [2.24, 2.45) is 0 Å². The van der Waals surface area contributed by atoms with Gasteiger partial charge in [-0.05, 0) is 86.5 Å². The number of aliphatic hydroxyl groups is 1. The Morgan fingerprint density at radius 3 is 2.67 bits per heavy atom. The van der Waals surface area contributed by atoms with Crippen molar-refractivity contribution in [1.82, 2.24) is 9.80 Å². The van der Waals surface area contributed by atoms with Crippen LogP contribution in [-0.4, -0.2) is 75.7 Å². The van der Waals surface area contributed by atoms with E-state index in [4.69, 9.17) is 4.74 Å². The fourth-order valence-electron chi connectivity index (χ4n) is 9.06. The normalized spacial score (nSPS) is 29.7. The average Bonchev–Trinajstić information content (AvgIpc) is 3.29. The van der Waals surface area contributed by atoms with Gasteiger partial charge in [-0.15, -0.1) is 13.2 Å². The van der Waals surface area contributed by atoms with Crippen molar-refractivity contribution in [3.63, 3.8) is 0 Å². The first kappa shape index (κ1) is 30.6. The Morgan fingerprint density at radius 1 is 1.13 bits per heavy atom. The van der Waals surface area contributed by atoms with Crippen molar-refractivity contribution in [3.05, 3.63) is 95.1 Å². The Kier molecular flexibility index (Phi) is 7.17. The highest BCUT2D eigenvalue weighted by Crippen LogP contribution is 2.69. The summed E-state index contributed by atoms with van der Waals surface area (Å²) in [5.74, 6) is -0.320. The quantitative estimate of drug-likeness (QED) is 0.329. The minimum atomic E-state index is -4.82. The van der Waals surface area contributed by atoms with Crippen LogP contribution in [0, 0.1) is 0 Å². The molecular formula is C36H37F3N2O5. The van der Waals surface area contributed by atoms with E-state index in [9.17, 15) is 28.2 Å². The number of aromatic hydroxyl groups is 1. The number of hydrogen-bond donors (Lipinski definition) is 2. The summed E-state index contributed by atoms with van der Waals surface area (Å²) >= 11 is 0. The monoisotopic (exact) mass is 634 g/mol. The molecule has 46 heavy (non-hydrogen) atoms. The number of nitrogens with zero attached hydrogens (tertiary/aromatic N) is 2. The summed E-state index contributed by atoms with van der Waals surface area (Å²) in [5, 5.41) is 23.9. The molecule has 2 N–H and O–H groups in total. The van der Waals surface area contributed by atoms with E-state index >= 15 is 0 Å². The van der Waals surface area contributed by atoms with Crippen LogP contribution in [-0.2, 0) is 23.1 Å². The van der Waals surface area contributed by atoms with E-state index in [1.807, 2.05) is 31.2 Å². The smallest absolute Gasteiger partial charge is 0.504 e. The highest BCUT2D eigenvalue weighted by atomic mass is 19.4. The van der Waals surface area contributed by atoms with E-state index in [1.54, 1.807) is 24.1 Å². The molecular weight excluding hydrogens is 597 g/mol. The zero-order chi connectivity index (χ0) is 32.5. The molecule has 1 amide bonds. The van der Waals surface area contributed by atoms with Crippen LogP contribution in [0.25, 0.3) is 6.08 Å². The Balaban J connectivity index is 1.20. The Labute approximate surface area is 265 Å². The van der Waals surface area contributed by atoms with Gasteiger partial charge in [-0.1, -0.05) is 48.5 Å². The van der Waals surface area contributed by atoms with Crippen LogP contribution in [0.15, 0.2) is 72.8 Å². The fourth-order valence-corrected chi connectivity index (χ4v) is 9.06. The average molecular weight is 635 g/mol. The first-order chi connectivity index (χ1) is 21.9. The number of likely N-dealkylation sites (N-methyl/N-ethyl adjacent to an activating group) is 1. The standard InChI is InChI=1S/C36H37F3N2O5/c1-33-28(40(2)30(43)14-11-24-9-6-10-26(21-24)45-36(37,38)39)15-17-35(44)29-22-25-12-13-27(42)32(46-33)31(25)34(33,35)18-20-41(29)19-16-23-7-4-3-5-8-23/h3-14,21,28-29,42,44H,15-20,22H2,1-2H3/t28-,29+,33-,34-,35+/m0/s1. The number of carbonyl (C=O) groups is 1. The molecule has 1 saturated heterocycles. The number of phenolic OH excluding ortho intramolecular Hbond substituents is 1. The topological polar surface area (TPSA) is 82.5 Å². The first-order valence-electron chi connectivity index (χ1n) is 15.7. The van der Waals surface area contributed by atoms with E-state index in [2.05, 4.69) is 21.8 Å². The second-order valence-corrected chi connectivity index (χ2v) is 13.2. The lowest BCUT2D eigenvalue weighted by Gasteiger charge is -2.67. The molecule has 1 saturated carbocycles. The zero-order valence-corrected chi connectivity index (χ0v) is 25.8. The summed E-state index contributed by atoms with van der Waals surface area (Å²) in [6.45, 7) is 3.49. The number of phenols is 1. The molecule has 10 heteroatoms. The zero-order valence-electron chi connectivity index (χ0n) is 25.8. The van der Waals surface area contributed by atoms with Gasteiger partial charge in [-0.2, -0.15) is 0 Å². The van der Waals surface area contributed by atoms with Crippen molar-refractivity contribution in [2.45, 2.75) is 74.1 Å². The molecule has 3 aromatic rings. The fraction of sp³-hybridized carbons (Fsp3) is 0.417. The summed E-state index contributed by atoms with van der Waals surface area (Å²) in [6, 6.07) is 18.7. The van der Waals surface area contributed by atoms with Crippen LogP contribution >= 0.6 is 0 Å². The maximum atomic E-state index is 13.6. The summed E-state index contributed by atoms with van der Waals surface area (Å²) in [6.07, 6.45) is 0.957. The summed E-state index contributed by atoms with van der Waals surface area (Å²) in [7, 11) is 1.69.